The molecule has 1 aromatic heterocycles. The van der Waals surface area contributed by atoms with E-state index in [-0.39, 0.29) is 15.8 Å². The van der Waals surface area contributed by atoms with E-state index >= 15 is 0 Å². The van der Waals surface area contributed by atoms with Crippen LogP contribution in [0.15, 0.2) is 77.0 Å². The number of nitrogens with one attached hydrogen (secondary N) is 1. The maximum absolute atomic E-state index is 13.4. The normalized spacial score (nSPS) is 14.5. The number of anilines is 1. The molecule has 0 spiro atoms. The molecule has 0 aliphatic carbocycles. The third-order valence-corrected chi connectivity index (χ3v) is 9.74. The lowest BCUT2D eigenvalue weighted by molar-refractivity contribution is 0.469. The second-order valence-corrected chi connectivity index (χ2v) is 12.1. The van der Waals surface area contributed by atoms with Gasteiger partial charge < -0.3 is 15.0 Å². The summed E-state index contributed by atoms with van der Waals surface area (Å²) < 4.78 is 34.3. The van der Waals surface area contributed by atoms with Gasteiger partial charge in [-0.2, -0.15) is 4.31 Å². The Bertz CT molecular complexity index is 1440. The Morgan fingerprint density at radius 3 is 2.60 bits per heavy atom. The SMILES string of the molecule is CN(Cc1cccc2ccccc12)S(=O)(=O)c1cc(Cl)c(Oc2cccc(N3CCNCC3)c2)s1. The Balaban J connectivity index is 1.35. The third kappa shape index (κ3) is 5.17. The molecule has 0 unspecified atom stereocenters. The second kappa shape index (κ2) is 10.2. The van der Waals surface area contributed by atoms with Crippen molar-refractivity contribution in [2.45, 2.75) is 10.8 Å². The summed E-state index contributed by atoms with van der Waals surface area (Å²) in [7, 11) is -2.17. The Morgan fingerprint density at radius 1 is 1.03 bits per heavy atom. The molecule has 0 saturated carbocycles. The first-order valence-electron chi connectivity index (χ1n) is 11.4. The summed E-state index contributed by atoms with van der Waals surface area (Å²) in [6, 6.07) is 23.1. The molecule has 0 amide bonds. The number of thiophene rings is 1. The Hall–Kier alpha value is -2.62. The number of sulfonamides is 1. The number of piperazine rings is 1. The van der Waals surface area contributed by atoms with Crippen molar-refractivity contribution in [3.05, 3.63) is 83.4 Å². The van der Waals surface area contributed by atoms with Crippen molar-refractivity contribution in [3.63, 3.8) is 0 Å². The number of rotatable bonds is 7. The minimum absolute atomic E-state index is 0.151. The molecule has 0 bridgehead atoms. The molecule has 0 atom stereocenters. The standard InChI is InChI=1S/C26H26ClN3O3S2/c1-29(18-20-8-4-7-19-6-2-3-11-23(19)20)35(31,32)25-17-24(27)26(34-25)33-22-10-5-9-21(16-22)30-14-12-28-13-15-30/h2-11,16-17,28H,12-15,18H2,1H3. The number of halogens is 1. The van der Waals surface area contributed by atoms with Gasteiger partial charge in [-0.25, -0.2) is 8.42 Å². The van der Waals surface area contributed by atoms with Crippen LogP contribution in [-0.4, -0.2) is 45.9 Å². The van der Waals surface area contributed by atoms with Crippen molar-refractivity contribution >= 4 is 49.4 Å². The number of fused-ring (bicyclic) bond motifs is 1. The fourth-order valence-corrected chi connectivity index (χ4v) is 7.17. The summed E-state index contributed by atoms with van der Waals surface area (Å²) in [4.78, 5) is 2.29. The van der Waals surface area contributed by atoms with Crippen LogP contribution in [0.1, 0.15) is 5.56 Å². The highest BCUT2D eigenvalue weighted by Crippen LogP contribution is 2.41. The molecule has 5 rings (SSSR count). The Kier molecular flexibility index (Phi) is 7.00. The minimum Gasteiger partial charge on any atom is -0.445 e. The minimum atomic E-state index is -3.75. The van der Waals surface area contributed by atoms with E-state index in [0.717, 1.165) is 59.5 Å². The molecule has 1 fully saturated rings. The maximum atomic E-state index is 13.4. The number of benzene rings is 3. The van der Waals surface area contributed by atoms with Gasteiger partial charge in [0.2, 0.25) is 5.06 Å². The van der Waals surface area contributed by atoms with Crippen LogP contribution in [-0.2, 0) is 16.6 Å². The summed E-state index contributed by atoms with van der Waals surface area (Å²) in [5.41, 5.74) is 2.01. The molecule has 2 heterocycles. The van der Waals surface area contributed by atoms with Crippen LogP contribution in [0, 0.1) is 0 Å². The average Bonchev–Trinajstić information content (AvgIpc) is 3.25. The lowest BCUT2D eigenvalue weighted by Gasteiger charge is -2.29. The highest BCUT2D eigenvalue weighted by molar-refractivity contribution is 7.91. The Morgan fingerprint density at radius 2 is 1.77 bits per heavy atom. The van der Waals surface area contributed by atoms with E-state index in [2.05, 4.69) is 10.2 Å². The molecule has 35 heavy (non-hydrogen) atoms. The van der Waals surface area contributed by atoms with Gasteiger partial charge in [0.25, 0.3) is 10.0 Å². The van der Waals surface area contributed by atoms with Crippen LogP contribution < -0.4 is 15.0 Å². The Labute approximate surface area is 214 Å². The largest absolute Gasteiger partial charge is 0.445 e. The fraction of sp³-hybridized carbons (Fsp3) is 0.231. The second-order valence-electron chi connectivity index (χ2n) is 8.44. The number of nitrogens with zero attached hydrogens (tertiary/aromatic N) is 2. The van der Waals surface area contributed by atoms with Crippen molar-refractivity contribution in [1.82, 2.24) is 9.62 Å². The van der Waals surface area contributed by atoms with Gasteiger partial charge >= 0.3 is 0 Å². The van der Waals surface area contributed by atoms with Crippen LogP contribution in [0.25, 0.3) is 10.8 Å². The average molecular weight is 528 g/mol. The van der Waals surface area contributed by atoms with E-state index in [4.69, 9.17) is 16.3 Å². The van der Waals surface area contributed by atoms with Gasteiger partial charge in [-0.15, -0.1) is 0 Å². The topological polar surface area (TPSA) is 61.9 Å². The number of hydrogen-bond donors (Lipinski definition) is 1. The molecule has 4 aromatic rings. The zero-order valence-electron chi connectivity index (χ0n) is 19.3. The number of ether oxygens (including phenoxy) is 1. The van der Waals surface area contributed by atoms with Crippen LogP contribution in [0.3, 0.4) is 0 Å². The summed E-state index contributed by atoms with van der Waals surface area (Å²) in [6.45, 7) is 3.98. The van der Waals surface area contributed by atoms with Crippen LogP contribution in [0.2, 0.25) is 5.02 Å². The zero-order valence-corrected chi connectivity index (χ0v) is 21.7. The quantitative estimate of drug-likeness (QED) is 0.340. The molecule has 1 aliphatic heterocycles. The molecule has 1 N–H and O–H groups in total. The van der Waals surface area contributed by atoms with Crippen LogP contribution in [0.4, 0.5) is 5.69 Å². The predicted molar refractivity (Wildman–Crippen MR) is 144 cm³/mol. The molecule has 9 heteroatoms. The first-order valence-corrected chi connectivity index (χ1v) is 14.0. The predicted octanol–water partition coefficient (Wildman–Crippen LogP) is 5.58. The molecule has 182 valence electrons. The van der Waals surface area contributed by atoms with E-state index < -0.39 is 10.0 Å². The van der Waals surface area contributed by atoms with E-state index in [1.54, 1.807) is 7.05 Å². The van der Waals surface area contributed by atoms with Gasteiger partial charge in [0.15, 0.2) is 0 Å². The van der Waals surface area contributed by atoms with E-state index in [9.17, 15) is 8.42 Å². The lowest BCUT2D eigenvalue weighted by atomic mass is 10.0. The van der Waals surface area contributed by atoms with E-state index in [1.165, 1.54) is 10.4 Å². The van der Waals surface area contributed by atoms with Crippen LogP contribution >= 0.6 is 22.9 Å². The molecular weight excluding hydrogens is 502 g/mol. The van der Waals surface area contributed by atoms with E-state index in [1.807, 2.05) is 66.7 Å². The highest BCUT2D eigenvalue weighted by atomic mass is 35.5. The van der Waals surface area contributed by atoms with Gasteiger partial charge in [0, 0.05) is 51.5 Å². The fourth-order valence-electron chi connectivity index (χ4n) is 4.21. The van der Waals surface area contributed by atoms with Gasteiger partial charge in [-0.1, -0.05) is 71.5 Å². The summed E-state index contributed by atoms with van der Waals surface area (Å²) in [5.74, 6) is 0.623. The van der Waals surface area contributed by atoms with Crippen molar-refractivity contribution < 1.29 is 13.2 Å². The van der Waals surface area contributed by atoms with Gasteiger partial charge in [-0.05, 0) is 34.5 Å². The first-order chi connectivity index (χ1) is 16.9. The summed E-state index contributed by atoms with van der Waals surface area (Å²) >= 11 is 7.45. The molecule has 1 saturated heterocycles. The molecule has 6 nitrogen and oxygen atoms in total. The van der Waals surface area contributed by atoms with Crippen molar-refractivity contribution in [2.24, 2.45) is 0 Å². The van der Waals surface area contributed by atoms with Gasteiger partial charge in [0.1, 0.15) is 9.96 Å². The summed E-state index contributed by atoms with van der Waals surface area (Å²) in [5, 5.41) is 6.10. The van der Waals surface area contributed by atoms with Crippen molar-refractivity contribution in [2.75, 3.05) is 38.1 Å². The van der Waals surface area contributed by atoms with Crippen molar-refractivity contribution in [3.8, 4) is 10.8 Å². The monoisotopic (exact) mass is 527 g/mol. The maximum Gasteiger partial charge on any atom is 0.252 e. The number of hydrogen-bond acceptors (Lipinski definition) is 6. The van der Waals surface area contributed by atoms with Gasteiger partial charge in [-0.3, -0.25) is 0 Å². The zero-order chi connectivity index (χ0) is 24.4. The molecule has 0 radical (unpaired) electrons. The molecule has 1 aliphatic rings. The smallest absolute Gasteiger partial charge is 0.252 e. The van der Waals surface area contributed by atoms with E-state index in [0.29, 0.717) is 10.8 Å². The van der Waals surface area contributed by atoms with Crippen molar-refractivity contribution in [1.29, 1.82) is 0 Å². The highest BCUT2D eigenvalue weighted by Gasteiger charge is 2.26. The molecular formula is C26H26ClN3O3S2. The lowest BCUT2D eigenvalue weighted by Crippen LogP contribution is -2.43. The van der Waals surface area contributed by atoms with Gasteiger partial charge in [0.05, 0.1) is 5.02 Å². The van der Waals surface area contributed by atoms with Crippen LogP contribution in [0.5, 0.6) is 10.8 Å². The summed E-state index contributed by atoms with van der Waals surface area (Å²) in [6.07, 6.45) is 0. The molecule has 3 aromatic carbocycles. The third-order valence-electron chi connectivity index (χ3n) is 6.08. The first kappa shape index (κ1) is 24.1.